The van der Waals surface area contributed by atoms with Crippen LogP contribution in [0, 0.1) is 11.5 Å². The summed E-state index contributed by atoms with van der Waals surface area (Å²) in [5, 5.41) is 9.54. The monoisotopic (exact) mass is 534 g/mol. The molecule has 3 rings (SSSR count). The number of benzene rings is 1. The lowest BCUT2D eigenvalue weighted by atomic mass is 10.1. The first-order chi connectivity index (χ1) is 13.3. The van der Waals surface area contributed by atoms with E-state index in [1.807, 2.05) is 0 Å². The number of hydrogen-bond acceptors (Lipinski definition) is 6. The van der Waals surface area contributed by atoms with Gasteiger partial charge in [-0.2, -0.15) is 5.26 Å². The number of hydrogen-bond donors (Lipinski definition) is 1. The van der Waals surface area contributed by atoms with Crippen LogP contribution in [0.4, 0.5) is 0 Å². The second kappa shape index (κ2) is 9.41. The fourth-order valence-corrected chi connectivity index (χ4v) is 6.79. The van der Waals surface area contributed by atoms with Crippen molar-refractivity contribution in [2.24, 2.45) is 0 Å². The highest BCUT2D eigenvalue weighted by molar-refractivity contribution is 9.11. The fourth-order valence-electron chi connectivity index (χ4n) is 4.05. The molecule has 2 fully saturated rings. The van der Waals surface area contributed by atoms with Crippen LogP contribution in [0.15, 0.2) is 32.0 Å². The normalized spacial score (nSPS) is 25.9. The maximum absolute atomic E-state index is 12.9. The van der Waals surface area contributed by atoms with Crippen LogP contribution in [0.5, 0.6) is 0 Å². The second-order valence-electron chi connectivity index (χ2n) is 7.28. The van der Waals surface area contributed by atoms with Crippen LogP contribution in [0.3, 0.4) is 0 Å². The number of nitriles is 1. The number of nitrogens with one attached hydrogen (secondary N) is 1. The first kappa shape index (κ1) is 22.0. The molecule has 7 nitrogen and oxygen atoms in total. The summed E-state index contributed by atoms with van der Waals surface area (Å²) >= 11 is 6.63. The van der Waals surface area contributed by atoms with Gasteiger partial charge in [0.05, 0.1) is 17.5 Å². The number of sulfonamides is 1. The van der Waals surface area contributed by atoms with E-state index in [2.05, 4.69) is 47.7 Å². The van der Waals surface area contributed by atoms with Crippen LogP contribution >= 0.6 is 31.9 Å². The topological polar surface area (TPSA) is 85.7 Å². The van der Waals surface area contributed by atoms with E-state index < -0.39 is 10.0 Å². The molecule has 28 heavy (non-hydrogen) atoms. The summed E-state index contributed by atoms with van der Waals surface area (Å²) < 4.78 is 35.0. The molecule has 0 aromatic heterocycles. The van der Waals surface area contributed by atoms with E-state index >= 15 is 0 Å². The standard InChI is InChI=1S/C18H24Br2N4O3S/c1-27-11-15-3-2-6-23(15)10-16-8-14(9-24(16)12-21)22-28(25,26)18-7-13(19)4-5-17(18)20/h4-5,7,14-16,22H,2-3,6,8-11H2,1H3/t14-,15+,16-/m1/s1. The maximum Gasteiger partial charge on any atom is 0.242 e. The van der Waals surface area contributed by atoms with Gasteiger partial charge in [-0.15, -0.1) is 0 Å². The molecule has 0 amide bonds. The molecule has 1 aromatic carbocycles. The van der Waals surface area contributed by atoms with Crippen molar-refractivity contribution >= 4 is 41.9 Å². The Morgan fingerprint density at radius 1 is 1.36 bits per heavy atom. The number of ether oxygens (including phenoxy) is 1. The first-order valence-corrected chi connectivity index (χ1v) is 12.3. The third kappa shape index (κ3) is 5.07. The van der Waals surface area contributed by atoms with Crippen molar-refractivity contribution in [3.8, 4) is 6.19 Å². The van der Waals surface area contributed by atoms with Crippen molar-refractivity contribution in [3.05, 3.63) is 27.1 Å². The van der Waals surface area contributed by atoms with Crippen molar-refractivity contribution in [3.63, 3.8) is 0 Å². The molecule has 1 N–H and O–H groups in total. The highest BCUT2D eigenvalue weighted by atomic mass is 79.9. The zero-order chi connectivity index (χ0) is 20.3. The Morgan fingerprint density at radius 3 is 2.86 bits per heavy atom. The fraction of sp³-hybridized carbons (Fsp3) is 0.611. The number of halogens is 2. The van der Waals surface area contributed by atoms with E-state index in [0.29, 0.717) is 34.6 Å². The Kier molecular flexibility index (Phi) is 7.39. The smallest absolute Gasteiger partial charge is 0.242 e. The second-order valence-corrected chi connectivity index (χ2v) is 10.7. The molecule has 3 atom stereocenters. The van der Waals surface area contributed by atoms with Gasteiger partial charge in [0.1, 0.15) is 0 Å². The number of likely N-dealkylation sites (tertiary alicyclic amines) is 2. The van der Waals surface area contributed by atoms with Gasteiger partial charge < -0.3 is 9.64 Å². The van der Waals surface area contributed by atoms with Crippen molar-refractivity contribution in [1.82, 2.24) is 14.5 Å². The lowest BCUT2D eigenvalue weighted by Crippen LogP contribution is -2.42. The molecule has 0 unspecified atom stereocenters. The minimum atomic E-state index is -3.70. The molecule has 2 aliphatic heterocycles. The quantitative estimate of drug-likeness (QED) is 0.540. The Hall–Kier alpha value is -0.700. The zero-order valence-electron chi connectivity index (χ0n) is 15.6. The summed E-state index contributed by atoms with van der Waals surface area (Å²) in [4.78, 5) is 4.25. The number of rotatable bonds is 7. The van der Waals surface area contributed by atoms with Crippen molar-refractivity contribution < 1.29 is 13.2 Å². The molecule has 2 saturated heterocycles. The maximum atomic E-state index is 12.9. The van der Waals surface area contributed by atoms with E-state index in [4.69, 9.17) is 4.74 Å². The zero-order valence-corrected chi connectivity index (χ0v) is 19.6. The number of methoxy groups -OCH3 is 1. The summed E-state index contributed by atoms with van der Waals surface area (Å²) in [5.74, 6) is 0. The van der Waals surface area contributed by atoms with E-state index in [-0.39, 0.29) is 17.0 Å². The van der Waals surface area contributed by atoms with E-state index in [1.165, 1.54) is 0 Å². The van der Waals surface area contributed by atoms with Gasteiger partial charge in [0, 0.05) is 41.2 Å². The van der Waals surface area contributed by atoms with E-state index in [0.717, 1.165) is 25.9 Å². The van der Waals surface area contributed by atoms with Gasteiger partial charge in [-0.25, -0.2) is 13.1 Å². The summed E-state index contributed by atoms with van der Waals surface area (Å²) in [6, 6.07) is 5.11. The Bertz CT molecular complexity index is 846. The van der Waals surface area contributed by atoms with Crippen LogP contribution in [0.1, 0.15) is 19.3 Å². The van der Waals surface area contributed by atoms with Crippen LogP contribution < -0.4 is 4.72 Å². The van der Waals surface area contributed by atoms with Crippen molar-refractivity contribution in [2.75, 3.05) is 33.4 Å². The highest BCUT2D eigenvalue weighted by Crippen LogP contribution is 2.28. The van der Waals surface area contributed by atoms with Gasteiger partial charge in [-0.1, -0.05) is 15.9 Å². The van der Waals surface area contributed by atoms with Gasteiger partial charge in [0.2, 0.25) is 10.0 Å². The Morgan fingerprint density at radius 2 is 2.14 bits per heavy atom. The molecule has 10 heteroatoms. The molecule has 0 radical (unpaired) electrons. The molecule has 0 aliphatic carbocycles. The molecule has 2 heterocycles. The molecular weight excluding hydrogens is 512 g/mol. The predicted octanol–water partition coefficient (Wildman–Crippen LogP) is 2.52. The van der Waals surface area contributed by atoms with E-state index in [1.54, 1.807) is 30.2 Å². The average molecular weight is 536 g/mol. The van der Waals surface area contributed by atoms with Crippen LogP contribution in [-0.4, -0.2) is 69.7 Å². The lowest BCUT2D eigenvalue weighted by Gasteiger charge is -2.29. The molecule has 0 saturated carbocycles. The average Bonchev–Trinajstić information content (AvgIpc) is 3.24. The third-order valence-electron chi connectivity index (χ3n) is 5.35. The minimum absolute atomic E-state index is 0.00102. The van der Waals surface area contributed by atoms with E-state index in [9.17, 15) is 13.7 Å². The van der Waals surface area contributed by atoms with Crippen LogP contribution in [-0.2, 0) is 14.8 Å². The summed E-state index contributed by atoms with van der Waals surface area (Å²) in [5.41, 5.74) is 0. The van der Waals surface area contributed by atoms with Gasteiger partial charge in [0.15, 0.2) is 6.19 Å². The third-order valence-corrected chi connectivity index (χ3v) is 8.36. The SMILES string of the molecule is COC[C@@H]1CCCN1C[C@H]1C[C@@H](NS(=O)(=O)c2cc(Br)ccc2Br)CN1C#N. The number of nitrogens with zero attached hydrogens (tertiary/aromatic N) is 3. The molecular formula is C18H24Br2N4O3S. The molecule has 0 spiro atoms. The van der Waals surface area contributed by atoms with Gasteiger partial charge in [-0.05, 0) is 59.9 Å². The largest absolute Gasteiger partial charge is 0.383 e. The van der Waals surface area contributed by atoms with Crippen molar-refractivity contribution in [2.45, 2.75) is 42.3 Å². The summed E-state index contributed by atoms with van der Waals surface area (Å²) in [6.07, 6.45) is 5.06. The first-order valence-electron chi connectivity index (χ1n) is 9.20. The predicted molar refractivity (Wildman–Crippen MR) is 113 cm³/mol. The van der Waals surface area contributed by atoms with Crippen LogP contribution in [0.2, 0.25) is 0 Å². The lowest BCUT2D eigenvalue weighted by molar-refractivity contribution is 0.103. The van der Waals surface area contributed by atoms with Gasteiger partial charge in [0.25, 0.3) is 0 Å². The molecule has 0 bridgehead atoms. The summed E-state index contributed by atoms with van der Waals surface area (Å²) in [7, 11) is -1.99. The minimum Gasteiger partial charge on any atom is -0.383 e. The summed E-state index contributed by atoms with van der Waals surface area (Å²) in [6.45, 7) is 2.81. The van der Waals surface area contributed by atoms with Gasteiger partial charge in [-0.3, -0.25) is 4.90 Å². The Balaban J connectivity index is 1.68. The Labute approximate surface area is 183 Å². The molecule has 154 valence electrons. The van der Waals surface area contributed by atoms with Gasteiger partial charge >= 0.3 is 0 Å². The molecule has 1 aromatic rings. The highest BCUT2D eigenvalue weighted by Gasteiger charge is 2.37. The molecule has 2 aliphatic rings. The van der Waals surface area contributed by atoms with Crippen molar-refractivity contribution in [1.29, 1.82) is 5.26 Å². The van der Waals surface area contributed by atoms with Crippen LogP contribution in [0.25, 0.3) is 0 Å².